The smallest absolute Gasteiger partial charge is 0.304 e. The number of H-pyrrole nitrogens is 1. The summed E-state index contributed by atoms with van der Waals surface area (Å²) in [5, 5.41) is 16.8. The van der Waals surface area contributed by atoms with Crippen LogP contribution in [0.2, 0.25) is 0 Å². The number of carbonyl (C=O) groups is 1. The van der Waals surface area contributed by atoms with Gasteiger partial charge in [0.05, 0.1) is 23.8 Å². The molecule has 20 heavy (non-hydrogen) atoms. The third-order valence-electron chi connectivity index (χ3n) is 2.62. The van der Waals surface area contributed by atoms with Crippen LogP contribution in [0.25, 0.3) is 22.5 Å². The summed E-state index contributed by atoms with van der Waals surface area (Å²) < 4.78 is 5.49. The first-order valence-corrected chi connectivity index (χ1v) is 6.82. The fraction of sp³-hybridized carbons (Fsp3) is 0.167. The summed E-state index contributed by atoms with van der Waals surface area (Å²) >= 11 is 1.23. The largest absolute Gasteiger partial charge is 0.481 e. The summed E-state index contributed by atoms with van der Waals surface area (Å²) in [6.45, 7) is 0. The maximum absolute atomic E-state index is 10.4. The van der Waals surface area contributed by atoms with Crippen molar-refractivity contribution in [1.29, 1.82) is 0 Å². The van der Waals surface area contributed by atoms with Gasteiger partial charge in [-0.3, -0.25) is 4.79 Å². The van der Waals surface area contributed by atoms with Gasteiger partial charge >= 0.3 is 5.97 Å². The minimum absolute atomic E-state index is 0.0580. The van der Waals surface area contributed by atoms with Crippen molar-refractivity contribution in [3.8, 4) is 11.5 Å². The molecular formula is C12H10N4O3S. The van der Waals surface area contributed by atoms with E-state index in [4.69, 9.17) is 9.52 Å². The van der Waals surface area contributed by atoms with Crippen molar-refractivity contribution in [1.82, 2.24) is 20.2 Å². The Bertz CT molecular complexity index is 752. The number of thioether (sulfide) groups is 1. The average Bonchev–Trinajstić information content (AvgIpc) is 3.05. The van der Waals surface area contributed by atoms with Gasteiger partial charge in [-0.2, -0.15) is 0 Å². The van der Waals surface area contributed by atoms with Crippen molar-refractivity contribution in [2.24, 2.45) is 0 Å². The van der Waals surface area contributed by atoms with E-state index in [1.165, 1.54) is 11.8 Å². The van der Waals surface area contributed by atoms with Crippen molar-refractivity contribution in [2.75, 3.05) is 5.75 Å². The zero-order valence-corrected chi connectivity index (χ0v) is 11.1. The highest BCUT2D eigenvalue weighted by Crippen LogP contribution is 2.25. The van der Waals surface area contributed by atoms with Gasteiger partial charge < -0.3 is 14.5 Å². The topological polar surface area (TPSA) is 105 Å². The third-order valence-corrected chi connectivity index (χ3v) is 3.44. The van der Waals surface area contributed by atoms with E-state index in [9.17, 15) is 4.79 Å². The van der Waals surface area contributed by atoms with Crippen molar-refractivity contribution in [3.63, 3.8) is 0 Å². The molecule has 0 fully saturated rings. The van der Waals surface area contributed by atoms with E-state index >= 15 is 0 Å². The van der Waals surface area contributed by atoms with Crippen LogP contribution in [-0.2, 0) is 4.79 Å². The van der Waals surface area contributed by atoms with Crippen LogP contribution in [0, 0.1) is 0 Å². The van der Waals surface area contributed by atoms with Gasteiger partial charge in [-0.1, -0.05) is 11.8 Å². The molecule has 0 atom stereocenters. The monoisotopic (exact) mass is 290 g/mol. The maximum atomic E-state index is 10.4. The molecule has 2 heterocycles. The highest BCUT2D eigenvalue weighted by atomic mass is 32.2. The second-order valence-electron chi connectivity index (χ2n) is 4.00. The average molecular weight is 290 g/mol. The number of nitrogens with one attached hydrogen (secondary N) is 1. The van der Waals surface area contributed by atoms with E-state index < -0.39 is 5.97 Å². The molecular weight excluding hydrogens is 280 g/mol. The van der Waals surface area contributed by atoms with Crippen molar-refractivity contribution in [2.45, 2.75) is 11.6 Å². The molecule has 3 rings (SSSR count). The van der Waals surface area contributed by atoms with Crippen LogP contribution < -0.4 is 0 Å². The number of fused-ring (bicyclic) bond motifs is 1. The van der Waals surface area contributed by atoms with Crippen LogP contribution >= 0.6 is 11.8 Å². The van der Waals surface area contributed by atoms with Gasteiger partial charge in [0.15, 0.2) is 0 Å². The number of carboxylic acids is 1. The van der Waals surface area contributed by atoms with Crippen LogP contribution in [0.5, 0.6) is 0 Å². The minimum Gasteiger partial charge on any atom is -0.481 e. The van der Waals surface area contributed by atoms with Crippen LogP contribution in [0.4, 0.5) is 0 Å². The second-order valence-corrected chi connectivity index (χ2v) is 5.05. The molecule has 0 saturated heterocycles. The summed E-state index contributed by atoms with van der Waals surface area (Å²) in [7, 11) is 0. The summed E-state index contributed by atoms with van der Waals surface area (Å²) in [6, 6.07) is 5.59. The molecule has 0 radical (unpaired) electrons. The van der Waals surface area contributed by atoms with Gasteiger partial charge in [-0.25, -0.2) is 4.98 Å². The van der Waals surface area contributed by atoms with Gasteiger partial charge in [-0.15, -0.1) is 10.2 Å². The first-order valence-electron chi connectivity index (χ1n) is 5.84. The van der Waals surface area contributed by atoms with Crippen LogP contribution in [-0.4, -0.2) is 37.0 Å². The summed E-state index contributed by atoms with van der Waals surface area (Å²) in [5.74, 6) is -0.0439. The molecule has 0 amide bonds. The molecule has 0 spiro atoms. The maximum Gasteiger partial charge on any atom is 0.304 e. The molecule has 0 bridgehead atoms. The lowest BCUT2D eigenvalue weighted by atomic mass is 10.2. The Morgan fingerprint density at radius 3 is 3.15 bits per heavy atom. The van der Waals surface area contributed by atoms with E-state index in [0.29, 0.717) is 16.9 Å². The van der Waals surface area contributed by atoms with Gasteiger partial charge in [0.1, 0.15) is 0 Å². The Hall–Kier alpha value is -2.35. The molecule has 3 aromatic rings. The quantitative estimate of drug-likeness (QED) is 0.694. The van der Waals surface area contributed by atoms with E-state index in [0.717, 1.165) is 16.6 Å². The van der Waals surface area contributed by atoms with Crippen LogP contribution in [0.3, 0.4) is 0 Å². The summed E-state index contributed by atoms with van der Waals surface area (Å²) in [4.78, 5) is 17.6. The van der Waals surface area contributed by atoms with Crippen LogP contribution in [0.1, 0.15) is 6.42 Å². The minimum atomic E-state index is -0.845. The lowest BCUT2D eigenvalue weighted by molar-refractivity contribution is -0.136. The Balaban J connectivity index is 1.76. The van der Waals surface area contributed by atoms with E-state index in [1.807, 2.05) is 18.2 Å². The highest BCUT2D eigenvalue weighted by Gasteiger charge is 2.10. The predicted molar refractivity (Wildman–Crippen MR) is 72.4 cm³/mol. The Morgan fingerprint density at radius 2 is 2.30 bits per heavy atom. The Kier molecular flexibility index (Phi) is 3.38. The number of rotatable bonds is 5. The lowest BCUT2D eigenvalue weighted by Crippen LogP contribution is -1.95. The molecule has 102 valence electrons. The zero-order chi connectivity index (χ0) is 13.9. The first-order chi connectivity index (χ1) is 9.72. The lowest BCUT2D eigenvalue weighted by Gasteiger charge is -1.95. The Labute approximate surface area is 117 Å². The van der Waals surface area contributed by atoms with Crippen molar-refractivity contribution < 1.29 is 14.3 Å². The molecule has 2 aromatic heterocycles. The molecule has 7 nitrogen and oxygen atoms in total. The van der Waals surface area contributed by atoms with Gasteiger partial charge in [0, 0.05) is 11.3 Å². The fourth-order valence-corrected chi connectivity index (χ4v) is 2.37. The number of aromatic nitrogens is 4. The number of aromatic amines is 1. The van der Waals surface area contributed by atoms with Gasteiger partial charge in [-0.05, 0) is 18.2 Å². The number of hydrogen-bond acceptors (Lipinski definition) is 6. The highest BCUT2D eigenvalue weighted by molar-refractivity contribution is 7.99. The molecule has 1 aromatic carbocycles. The number of nitrogens with zero attached hydrogens (tertiary/aromatic N) is 3. The van der Waals surface area contributed by atoms with E-state index in [2.05, 4.69) is 20.2 Å². The molecule has 0 saturated carbocycles. The van der Waals surface area contributed by atoms with Crippen molar-refractivity contribution in [3.05, 3.63) is 24.5 Å². The number of hydrogen-bond donors (Lipinski definition) is 2. The molecule has 0 aliphatic carbocycles. The van der Waals surface area contributed by atoms with Crippen LogP contribution in [0.15, 0.2) is 34.2 Å². The number of benzene rings is 1. The summed E-state index contributed by atoms with van der Waals surface area (Å²) in [5.41, 5.74) is 2.55. The number of imidazole rings is 1. The fourth-order valence-electron chi connectivity index (χ4n) is 1.68. The molecule has 2 N–H and O–H groups in total. The zero-order valence-electron chi connectivity index (χ0n) is 10.2. The molecule has 0 aliphatic rings. The summed E-state index contributed by atoms with van der Waals surface area (Å²) in [6.07, 6.45) is 1.68. The Morgan fingerprint density at radius 1 is 1.40 bits per heavy atom. The number of aliphatic carboxylic acids is 1. The normalized spacial score (nSPS) is 11.0. The second kappa shape index (κ2) is 5.33. The standard InChI is InChI=1S/C12H10N4O3S/c17-10(18)3-4-20-12-16-15-11(19-12)7-1-2-8-9(5-7)14-6-13-8/h1-2,5-6H,3-4H2,(H,13,14)(H,17,18). The third kappa shape index (κ3) is 2.64. The molecule has 0 aliphatic heterocycles. The van der Waals surface area contributed by atoms with E-state index in [1.54, 1.807) is 6.33 Å². The predicted octanol–water partition coefficient (Wildman–Crippen LogP) is 2.18. The molecule has 0 unspecified atom stereocenters. The van der Waals surface area contributed by atoms with Gasteiger partial charge in [0.25, 0.3) is 5.22 Å². The SMILES string of the molecule is O=C(O)CCSc1nnc(-c2ccc3nc[nH]c3c2)o1. The van der Waals surface area contributed by atoms with Crippen molar-refractivity contribution >= 4 is 28.8 Å². The first kappa shape index (κ1) is 12.7. The number of carboxylic acid groups (broad SMARTS) is 1. The van der Waals surface area contributed by atoms with E-state index in [-0.39, 0.29) is 6.42 Å². The van der Waals surface area contributed by atoms with Gasteiger partial charge in [0.2, 0.25) is 5.89 Å². The molecule has 8 heteroatoms.